The van der Waals surface area contributed by atoms with Crippen LogP contribution in [0, 0.1) is 6.92 Å². The van der Waals surface area contributed by atoms with Gasteiger partial charge in [-0.2, -0.15) is 0 Å². The van der Waals surface area contributed by atoms with Gasteiger partial charge in [0.15, 0.2) is 0 Å². The van der Waals surface area contributed by atoms with Crippen molar-refractivity contribution in [2.75, 3.05) is 5.32 Å². The molecule has 0 atom stereocenters. The lowest BCUT2D eigenvalue weighted by atomic mass is 10.1. The molecule has 2 heterocycles. The zero-order chi connectivity index (χ0) is 14.1. The summed E-state index contributed by atoms with van der Waals surface area (Å²) in [5.41, 5.74) is 2.07. The summed E-state index contributed by atoms with van der Waals surface area (Å²) in [4.78, 5) is 8.73. The number of hydrogen-bond acceptors (Lipinski definition) is 3. The molecule has 0 bridgehead atoms. The molecule has 2 aromatic heterocycles. The Morgan fingerprint density at radius 2 is 2.05 bits per heavy atom. The third-order valence-electron chi connectivity index (χ3n) is 3.34. The smallest absolute Gasteiger partial charge is 0.207 e. The molecule has 3 aromatic rings. The van der Waals surface area contributed by atoms with Crippen molar-refractivity contribution < 1.29 is 0 Å². The van der Waals surface area contributed by atoms with Crippen molar-refractivity contribution >= 4 is 22.4 Å². The van der Waals surface area contributed by atoms with Gasteiger partial charge < -0.3 is 9.88 Å². The second kappa shape index (κ2) is 4.96. The van der Waals surface area contributed by atoms with Gasteiger partial charge in [-0.25, -0.2) is 4.98 Å². The van der Waals surface area contributed by atoms with Crippen LogP contribution in [0.15, 0.2) is 42.9 Å². The number of nitrogens with one attached hydrogen (secondary N) is 1. The zero-order valence-electron chi connectivity index (χ0n) is 12.0. The van der Waals surface area contributed by atoms with Gasteiger partial charge in [0.2, 0.25) is 5.95 Å². The lowest BCUT2D eigenvalue weighted by Crippen LogP contribution is -2.05. The molecule has 1 N–H and O–H groups in total. The van der Waals surface area contributed by atoms with Gasteiger partial charge in [-0.1, -0.05) is 12.1 Å². The molecule has 1 aromatic carbocycles. The van der Waals surface area contributed by atoms with Crippen molar-refractivity contribution in [1.82, 2.24) is 14.5 Å². The first-order valence-corrected chi connectivity index (χ1v) is 6.80. The average molecular weight is 266 g/mol. The third-order valence-corrected chi connectivity index (χ3v) is 3.34. The van der Waals surface area contributed by atoms with E-state index in [9.17, 15) is 0 Å². The van der Waals surface area contributed by atoms with E-state index in [1.165, 1.54) is 0 Å². The molecule has 0 unspecified atom stereocenters. The Balaban J connectivity index is 2.06. The maximum Gasteiger partial charge on any atom is 0.207 e. The Hall–Kier alpha value is -2.36. The number of rotatable bonds is 3. The van der Waals surface area contributed by atoms with Gasteiger partial charge in [-0.3, -0.25) is 4.98 Å². The minimum Gasteiger partial charge on any atom is -0.325 e. The van der Waals surface area contributed by atoms with Gasteiger partial charge in [0, 0.05) is 41.1 Å². The summed E-state index contributed by atoms with van der Waals surface area (Å²) in [5, 5.41) is 5.72. The molecule has 0 saturated heterocycles. The Morgan fingerprint density at radius 1 is 1.20 bits per heavy atom. The maximum atomic E-state index is 4.57. The Bertz CT molecular complexity index is 738. The highest BCUT2D eigenvalue weighted by molar-refractivity contribution is 5.94. The predicted octanol–water partition coefficient (Wildman–Crippen LogP) is 4.06. The average Bonchev–Trinajstić information content (AvgIpc) is 2.80. The van der Waals surface area contributed by atoms with Gasteiger partial charge in [-0.05, 0) is 32.9 Å². The van der Waals surface area contributed by atoms with E-state index in [2.05, 4.69) is 52.0 Å². The van der Waals surface area contributed by atoms with Gasteiger partial charge in [0.05, 0.1) is 5.69 Å². The van der Waals surface area contributed by atoms with Crippen LogP contribution in [0.5, 0.6) is 0 Å². The molecule has 0 radical (unpaired) electrons. The summed E-state index contributed by atoms with van der Waals surface area (Å²) >= 11 is 0. The molecule has 20 heavy (non-hydrogen) atoms. The number of aromatic nitrogens is 3. The molecular weight excluding hydrogens is 248 g/mol. The second-order valence-corrected chi connectivity index (χ2v) is 5.23. The minimum absolute atomic E-state index is 0.371. The molecular formula is C16H18N4. The molecule has 102 valence electrons. The number of hydrogen-bond donors (Lipinski definition) is 1. The van der Waals surface area contributed by atoms with E-state index in [1.807, 2.05) is 31.5 Å². The zero-order valence-corrected chi connectivity index (χ0v) is 12.0. The normalized spacial score (nSPS) is 11.2. The van der Waals surface area contributed by atoms with Crippen LogP contribution in [0.4, 0.5) is 11.6 Å². The first-order valence-electron chi connectivity index (χ1n) is 6.80. The molecule has 0 aliphatic carbocycles. The van der Waals surface area contributed by atoms with Gasteiger partial charge in [0.1, 0.15) is 0 Å². The third kappa shape index (κ3) is 2.25. The van der Waals surface area contributed by atoms with Crippen LogP contribution in [0.2, 0.25) is 0 Å². The van der Waals surface area contributed by atoms with E-state index in [-0.39, 0.29) is 0 Å². The standard InChI is InChI=1S/C16H18N4/c1-11(2)20-10-12(3)18-16(20)19-15-6-4-5-13-9-17-8-7-14(13)15/h4-11H,1-3H3,(H,18,19). The van der Waals surface area contributed by atoms with Crippen molar-refractivity contribution in [2.24, 2.45) is 0 Å². The highest BCUT2D eigenvalue weighted by atomic mass is 15.2. The number of aryl methyl sites for hydroxylation is 1. The largest absolute Gasteiger partial charge is 0.325 e. The number of benzene rings is 1. The first kappa shape index (κ1) is 12.7. The molecule has 0 fully saturated rings. The van der Waals surface area contributed by atoms with Crippen molar-refractivity contribution in [2.45, 2.75) is 26.8 Å². The summed E-state index contributed by atoms with van der Waals surface area (Å²) in [6.45, 7) is 6.32. The lowest BCUT2D eigenvalue weighted by molar-refractivity contribution is 0.607. The fourth-order valence-electron chi connectivity index (χ4n) is 2.35. The van der Waals surface area contributed by atoms with Crippen LogP contribution in [-0.4, -0.2) is 14.5 Å². The van der Waals surface area contributed by atoms with Crippen molar-refractivity contribution in [1.29, 1.82) is 0 Å². The van der Waals surface area contributed by atoms with Crippen LogP contribution in [0.25, 0.3) is 10.8 Å². The quantitative estimate of drug-likeness (QED) is 0.777. The van der Waals surface area contributed by atoms with Crippen LogP contribution < -0.4 is 5.32 Å². The highest BCUT2D eigenvalue weighted by Crippen LogP contribution is 2.26. The van der Waals surface area contributed by atoms with Crippen molar-refractivity contribution in [3.8, 4) is 0 Å². The van der Waals surface area contributed by atoms with E-state index < -0.39 is 0 Å². The molecule has 0 aliphatic rings. The monoisotopic (exact) mass is 266 g/mol. The Labute approximate surface area is 118 Å². The number of pyridine rings is 1. The molecule has 0 saturated carbocycles. The summed E-state index contributed by atoms with van der Waals surface area (Å²) in [7, 11) is 0. The summed E-state index contributed by atoms with van der Waals surface area (Å²) in [5.74, 6) is 0.877. The van der Waals surface area contributed by atoms with E-state index in [4.69, 9.17) is 0 Å². The molecule has 4 nitrogen and oxygen atoms in total. The predicted molar refractivity (Wildman–Crippen MR) is 82.4 cm³/mol. The molecule has 0 spiro atoms. The topological polar surface area (TPSA) is 42.7 Å². The van der Waals surface area contributed by atoms with Gasteiger partial charge in [0.25, 0.3) is 0 Å². The maximum absolute atomic E-state index is 4.57. The first-order chi connectivity index (χ1) is 9.65. The molecule has 0 amide bonds. The van der Waals surface area contributed by atoms with E-state index >= 15 is 0 Å². The van der Waals surface area contributed by atoms with Gasteiger partial charge in [-0.15, -0.1) is 0 Å². The fourth-order valence-corrected chi connectivity index (χ4v) is 2.35. The summed E-state index contributed by atoms with van der Waals surface area (Å²) in [6, 6.07) is 8.55. The van der Waals surface area contributed by atoms with Crippen LogP contribution >= 0.6 is 0 Å². The van der Waals surface area contributed by atoms with Crippen LogP contribution in [0.1, 0.15) is 25.6 Å². The number of imidazole rings is 1. The summed E-state index contributed by atoms with van der Waals surface area (Å²) < 4.78 is 2.15. The van der Waals surface area contributed by atoms with Gasteiger partial charge >= 0.3 is 0 Å². The number of anilines is 2. The van der Waals surface area contributed by atoms with Crippen molar-refractivity contribution in [3.63, 3.8) is 0 Å². The Kier molecular flexibility index (Phi) is 3.14. The SMILES string of the molecule is Cc1cn(C(C)C)c(Nc2cccc3cnccc23)n1. The van der Waals surface area contributed by atoms with E-state index in [0.29, 0.717) is 6.04 Å². The highest BCUT2D eigenvalue weighted by Gasteiger charge is 2.10. The second-order valence-electron chi connectivity index (χ2n) is 5.23. The Morgan fingerprint density at radius 3 is 2.85 bits per heavy atom. The van der Waals surface area contributed by atoms with E-state index in [1.54, 1.807) is 0 Å². The summed E-state index contributed by atoms with van der Waals surface area (Å²) in [6.07, 6.45) is 5.76. The van der Waals surface area contributed by atoms with Crippen molar-refractivity contribution in [3.05, 3.63) is 48.5 Å². The molecule has 0 aliphatic heterocycles. The number of nitrogens with zero attached hydrogens (tertiary/aromatic N) is 3. The van der Waals surface area contributed by atoms with E-state index in [0.717, 1.165) is 28.1 Å². The molecule has 3 rings (SSSR count). The lowest BCUT2D eigenvalue weighted by Gasteiger charge is -2.14. The minimum atomic E-state index is 0.371. The van der Waals surface area contributed by atoms with Crippen LogP contribution in [0.3, 0.4) is 0 Å². The number of fused-ring (bicyclic) bond motifs is 1. The fraction of sp³-hybridized carbons (Fsp3) is 0.250. The van der Waals surface area contributed by atoms with Crippen LogP contribution in [-0.2, 0) is 0 Å². The molecule has 4 heteroatoms.